The van der Waals surface area contributed by atoms with E-state index < -0.39 is 0 Å². The Morgan fingerprint density at radius 2 is 2.12 bits per heavy atom. The smallest absolute Gasteiger partial charge is 0.159 e. The molecule has 1 heterocycles. The maximum atomic E-state index is 13.1. The van der Waals surface area contributed by atoms with E-state index in [1.165, 1.54) is 12.1 Å². The van der Waals surface area contributed by atoms with Crippen LogP contribution in [0, 0.1) is 12.7 Å². The number of aliphatic hydroxyl groups excluding tert-OH is 1. The molecule has 0 amide bonds. The normalized spacial score (nSPS) is 10.4. The van der Waals surface area contributed by atoms with Gasteiger partial charge in [-0.2, -0.15) is 0 Å². The van der Waals surface area contributed by atoms with Crippen LogP contribution in [-0.2, 0) is 6.61 Å². The van der Waals surface area contributed by atoms with E-state index in [0.29, 0.717) is 17.1 Å². The topological polar surface area (TPSA) is 46.0 Å². The Labute approximate surface area is 92.6 Å². The second-order valence-electron chi connectivity index (χ2n) is 3.49. The van der Waals surface area contributed by atoms with Crippen LogP contribution < -0.4 is 0 Å². The van der Waals surface area contributed by atoms with Crippen LogP contribution in [0.3, 0.4) is 0 Å². The van der Waals surface area contributed by atoms with Gasteiger partial charge in [0.1, 0.15) is 5.82 Å². The molecule has 0 fully saturated rings. The molecule has 0 saturated heterocycles. The molecule has 1 aromatic carbocycles. The van der Waals surface area contributed by atoms with Crippen molar-refractivity contribution in [3.63, 3.8) is 0 Å². The summed E-state index contributed by atoms with van der Waals surface area (Å²) >= 11 is 0. The second kappa shape index (κ2) is 4.37. The largest absolute Gasteiger partial charge is 0.390 e. The van der Waals surface area contributed by atoms with Gasteiger partial charge in [-0.25, -0.2) is 14.4 Å². The van der Waals surface area contributed by atoms with E-state index in [-0.39, 0.29) is 12.4 Å². The average molecular weight is 218 g/mol. The Kier molecular flexibility index (Phi) is 2.92. The lowest BCUT2D eigenvalue weighted by molar-refractivity contribution is 0.277. The lowest BCUT2D eigenvalue weighted by atomic mass is 10.1. The number of aromatic nitrogens is 2. The molecule has 0 saturated carbocycles. The standard InChI is InChI=1S/C12H11FN2O/c1-8-2-3-9(13)6-11(8)12-14-5-4-10(7-16)15-12/h2-6,16H,7H2,1H3. The van der Waals surface area contributed by atoms with Crippen LogP contribution in [0.15, 0.2) is 30.5 Å². The zero-order valence-corrected chi connectivity index (χ0v) is 8.81. The number of hydrogen-bond acceptors (Lipinski definition) is 3. The Morgan fingerprint density at radius 3 is 2.88 bits per heavy atom. The number of nitrogens with zero attached hydrogens (tertiary/aromatic N) is 2. The molecule has 1 aromatic heterocycles. The Hall–Kier alpha value is -1.81. The Bertz CT molecular complexity index is 514. The molecule has 0 aliphatic heterocycles. The molecule has 16 heavy (non-hydrogen) atoms. The van der Waals surface area contributed by atoms with Crippen molar-refractivity contribution in [2.45, 2.75) is 13.5 Å². The third-order valence-corrected chi connectivity index (χ3v) is 2.32. The second-order valence-corrected chi connectivity index (χ2v) is 3.49. The number of hydrogen-bond donors (Lipinski definition) is 1. The van der Waals surface area contributed by atoms with Gasteiger partial charge in [0.25, 0.3) is 0 Å². The molecular formula is C12H11FN2O. The zero-order valence-electron chi connectivity index (χ0n) is 8.81. The SMILES string of the molecule is Cc1ccc(F)cc1-c1nccc(CO)n1. The number of benzene rings is 1. The van der Waals surface area contributed by atoms with Gasteiger partial charge in [0, 0.05) is 11.8 Å². The third-order valence-electron chi connectivity index (χ3n) is 2.32. The lowest BCUT2D eigenvalue weighted by Crippen LogP contribution is -1.96. The van der Waals surface area contributed by atoms with Crippen molar-refractivity contribution in [2.75, 3.05) is 0 Å². The monoisotopic (exact) mass is 218 g/mol. The summed E-state index contributed by atoms with van der Waals surface area (Å²) in [6, 6.07) is 6.10. The first kappa shape index (κ1) is 10.7. The van der Waals surface area contributed by atoms with Crippen LogP contribution >= 0.6 is 0 Å². The fourth-order valence-corrected chi connectivity index (χ4v) is 1.45. The van der Waals surface area contributed by atoms with Gasteiger partial charge in [-0.15, -0.1) is 0 Å². The molecule has 0 spiro atoms. The maximum absolute atomic E-state index is 13.1. The highest BCUT2D eigenvalue weighted by atomic mass is 19.1. The van der Waals surface area contributed by atoms with Gasteiger partial charge in [-0.05, 0) is 30.7 Å². The molecule has 0 aliphatic carbocycles. The minimum atomic E-state index is -0.321. The van der Waals surface area contributed by atoms with Crippen molar-refractivity contribution in [3.05, 3.63) is 47.5 Å². The molecule has 3 nitrogen and oxygen atoms in total. The molecule has 2 rings (SSSR count). The highest BCUT2D eigenvalue weighted by molar-refractivity contribution is 5.59. The summed E-state index contributed by atoms with van der Waals surface area (Å²) in [5, 5.41) is 8.97. The van der Waals surface area contributed by atoms with Crippen molar-refractivity contribution < 1.29 is 9.50 Å². The predicted molar refractivity (Wildman–Crippen MR) is 58.1 cm³/mol. The van der Waals surface area contributed by atoms with Crippen LogP contribution in [0.5, 0.6) is 0 Å². The number of aliphatic hydroxyl groups is 1. The summed E-state index contributed by atoms with van der Waals surface area (Å²) in [5.41, 5.74) is 2.07. The molecule has 0 unspecified atom stereocenters. The van der Waals surface area contributed by atoms with E-state index in [9.17, 15) is 4.39 Å². The highest BCUT2D eigenvalue weighted by Crippen LogP contribution is 2.20. The van der Waals surface area contributed by atoms with E-state index >= 15 is 0 Å². The molecular weight excluding hydrogens is 207 g/mol. The Balaban J connectivity index is 2.53. The first-order chi connectivity index (χ1) is 7.70. The van der Waals surface area contributed by atoms with Gasteiger partial charge in [0.15, 0.2) is 5.82 Å². The summed E-state index contributed by atoms with van der Waals surface area (Å²) in [4.78, 5) is 8.21. The van der Waals surface area contributed by atoms with Gasteiger partial charge < -0.3 is 5.11 Å². The van der Waals surface area contributed by atoms with Crippen molar-refractivity contribution >= 4 is 0 Å². The third kappa shape index (κ3) is 2.06. The summed E-state index contributed by atoms with van der Waals surface area (Å²) in [7, 11) is 0. The van der Waals surface area contributed by atoms with Gasteiger partial charge in [0.2, 0.25) is 0 Å². The molecule has 0 radical (unpaired) electrons. The predicted octanol–water partition coefficient (Wildman–Crippen LogP) is 2.08. The average Bonchev–Trinajstić information content (AvgIpc) is 2.32. The fraction of sp³-hybridized carbons (Fsp3) is 0.167. The van der Waals surface area contributed by atoms with Crippen molar-refractivity contribution in [3.8, 4) is 11.4 Å². The van der Waals surface area contributed by atoms with E-state index in [4.69, 9.17) is 5.11 Å². The minimum Gasteiger partial charge on any atom is -0.390 e. The van der Waals surface area contributed by atoms with Gasteiger partial charge in [0.05, 0.1) is 12.3 Å². The molecule has 0 bridgehead atoms. The fourth-order valence-electron chi connectivity index (χ4n) is 1.45. The van der Waals surface area contributed by atoms with Gasteiger partial charge >= 0.3 is 0 Å². The number of aryl methyl sites for hydroxylation is 1. The van der Waals surface area contributed by atoms with E-state index in [0.717, 1.165) is 5.56 Å². The summed E-state index contributed by atoms with van der Waals surface area (Å²) in [6.45, 7) is 1.72. The summed E-state index contributed by atoms with van der Waals surface area (Å²) < 4.78 is 13.1. The van der Waals surface area contributed by atoms with E-state index in [2.05, 4.69) is 9.97 Å². The maximum Gasteiger partial charge on any atom is 0.159 e. The quantitative estimate of drug-likeness (QED) is 0.839. The first-order valence-corrected chi connectivity index (χ1v) is 4.90. The van der Waals surface area contributed by atoms with Crippen molar-refractivity contribution in [1.82, 2.24) is 9.97 Å². The molecule has 0 aliphatic rings. The molecule has 82 valence electrons. The zero-order chi connectivity index (χ0) is 11.5. The number of halogens is 1. The van der Waals surface area contributed by atoms with Crippen LogP contribution in [0.4, 0.5) is 4.39 Å². The molecule has 4 heteroatoms. The molecule has 0 atom stereocenters. The van der Waals surface area contributed by atoms with E-state index in [1.54, 1.807) is 18.3 Å². The Morgan fingerprint density at radius 1 is 1.31 bits per heavy atom. The van der Waals surface area contributed by atoms with Crippen LogP contribution in [0.2, 0.25) is 0 Å². The van der Waals surface area contributed by atoms with Crippen LogP contribution in [0.25, 0.3) is 11.4 Å². The summed E-state index contributed by atoms with van der Waals surface area (Å²) in [6.07, 6.45) is 1.55. The van der Waals surface area contributed by atoms with Crippen LogP contribution in [-0.4, -0.2) is 15.1 Å². The van der Waals surface area contributed by atoms with Gasteiger partial charge in [-0.3, -0.25) is 0 Å². The first-order valence-electron chi connectivity index (χ1n) is 4.90. The van der Waals surface area contributed by atoms with Crippen molar-refractivity contribution in [1.29, 1.82) is 0 Å². The molecule has 1 N–H and O–H groups in total. The lowest BCUT2D eigenvalue weighted by Gasteiger charge is -2.05. The van der Waals surface area contributed by atoms with Crippen LogP contribution in [0.1, 0.15) is 11.3 Å². The van der Waals surface area contributed by atoms with E-state index in [1.807, 2.05) is 6.92 Å². The van der Waals surface area contributed by atoms with Crippen molar-refractivity contribution in [2.24, 2.45) is 0 Å². The highest BCUT2D eigenvalue weighted by Gasteiger charge is 2.06. The minimum absolute atomic E-state index is 0.149. The summed E-state index contributed by atoms with van der Waals surface area (Å²) in [5.74, 6) is 0.113. The number of rotatable bonds is 2. The molecule has 2 aromatic rings. The van der Waals surface area contributed by atoms with Gasteiger partial charge in [-0.1, -0.05) is 6.07 Å².